The zero-order valence-corrected chi connectivity index (χ0v) is 16.7. The first-order valence-electron chi connectivity index (χ1n) is 9.61. The lowest BCUT2D eigenvalue weighted by molar-refractivity contribution is -0.126. The molecule has 1 unspecified atom stereocenters. The molecule has 1 fully saturated rings. The molecule has 0 spiro atoms. The second kappa shape index (κ2) is 8.02. The standard InChI is InChI=1S/C21H21FN6O2/c1-13-3-6-18(9-14(13)2)27-12-15(10-20(27)29)21(30)23-11-19-24-25-26-28(19)17-7-4-16(22)5-8-17/h3-9,15H,10-12H2,1-2H3,(H,23,30). The van der Waals surface area contributed by atoms with Crippen LogP contribution in [0.1, 0.15) is 23.4 Å². The first-order valence-corrected chi connectivity index (χ1v) is 9.61. The lowest BCUT2D eigenvalue weighted by Gasteiger charge is -2.18. The van der Waals surface area contributed by atoms with Gasteiger partial charge in [0.05, 0.1) is 18.2 Å². The van der Waals surface area contributed by atoms with Crippen LogP contribution in [0.5, 0.6) is 0 Å². The van der Waals surface area contributed by atoms with Crippen molar-refractivity contribution in [3.8, 4) is 5.69 Å². The van der Waals surface area contributed by atoms with Crippen LogP contribution in [0.4, 0.5) is 10.1 Å². The van der Waals surface area contributed by atoms with Crippen LogP contribution in [0.15, 0.2) is 42.5 Å². The number of aromatic nitrogens is 4. The van der Waals surface area contributed by atoms with Crippen molar-refractivity contribution in [3.05, 3.63) is 65.2 Å². The first kappa shape index (κ1) is 19.7. The molecule has 0 radical (unpaired) electrons. The SMILES string of the molecule is Cc1ccc(N2CC(C(=O)NCc3nnnn3-c3ccc(F)cc3)CC2=O)cc1C. The van der Waals surface area contributed by atoms with Gasteiger partial charge in [-0.2, -0.15) is 4.68 Å². The Kier molecular flexibility index (Phi) is 5.26. The van der Waals surface area contributed by atoms with E-state index in [-0.39, 0.29) is 30.6 Å². The number of amides is 2. The number of aryl methyl sites for hydroxylation is 2. The molecule has 4 rings (SSSR count). The molecule has 30 heavy (non-hydrogen) atoms. The summed E-state index contributed by atoms with van der Waals surface area (Å²) in [5.74, 6) is -0.710. The van der Waals surface area contributed by atoms with Gasteiger partial charge in [0.1, 0.15) is 5.82 Å². The highest BCUT2D eigenvalue weighted by Crippen LogP contribution is 2.27. The van der Waals surface area contributed by atoms with Gasteiger partial charge >= 0.3 is 0 Å². The molecule has 1 aliphatic heterocycles. The molecule has 8 nitrogen and oxygen atoms in total. The maximum atomic E-state index is 13.1. The fourth-order valence-corrected chi connectivity index (χ4v) is 3.44. The lowest BCUT2D eigenvalue weighted by atomic mass is 10.1. The van der Waals surface area contributed by atoms with E-state index in [4.69, 9.17) is 0 Å². The number of carbonyl (C=O) groups excluding carboxylic acids is 2. The van der Waals surface area contributed by atoms with Gasteiger partial charge < -0.3 is 10.2 Å². The van der Waals surface area contributed by atoms with Gasteiger partial charge in [-0.25, -0.2) is 4.39 Å². The maximum Gasteiger partial charge on any atom is 0.227 e. The Bertz CT molecular complexity index is 1100. The molecule has 2 heterocycles. The van der Waals surface area contributed by atoms with Gasteiger partial charge in [-0.15, -0.1) is 5.10 Å². The molecule has 1 aromatic heterocycles. The van der Waals surface area contributed by atoms with Crippen LogP contribution in [0.2, 0.25) is 0 Å². The van der Waals surface area contributed by atoms with Gasteiger partial charge in [0.2, 0.25) is 11.8 Å². The summed E-state index contributed by atoms with van der Waals surface area (Å²) in [6.45, 7) is 4.43. The highest BCUT2D eigenvalue weighted by molar-refractivity contribution is 6.00. The number of carbonyl (C=O) groups is 2. The summed E-state index contributed by atoms with van der Waals surface area (Å²) in [7, 11) is 0. The second-order valence-electron chi connectivity index (χ2n) is 7.38. The molecule has 0 saturated carbocycles. The van der Waals surface area contributed by atoms with Crippen molar-refractivity contribution in [2.75, 3.05) is 11.4 Å². The van der Waals surface area contributed by atoms with E-state index in [2.05, 4.69) is 20.8 Å². The number of benzene rings is 2. The minimum Gasteiger partial charge on any atom is -0.348 e. The fraction of sp³-hybridized carbons (Fsp3) is 0.286. The van der Waals surface area contributed by atoms with Crippen LogP contribution in [-0.4, -0.2) is 38.6 Å². The molecule has 154 valence electrons. The van der Waals surface area contributed by atoms with Gasteiger partial charge in [0.15, 0.2) is 5.82 Å². The second-order valence-corrected chi connectivity index (χ2v) is 7.38. The predicted molar refractivity (Wildman–Crippen MR) is 107 cm³/mol. The summed E-state index contributed by atoms with van der Waals surface area (Å²) >= 11 is 0. The number of halogens is 1. The smallest absolute Gasteiger partial charge is 0.227 e. The molecular formula is C21H21FN6O2. The highest BCUT2D eigenvalue weighted by Gasteiger charge is 2.35. The van der Waals surface area contributed by atoms with Gasteiger partial charge in [-0.3, -0.25) is 9.59 Å². The molecule has 2 amide bonds. The summed E-state index contributed by atoms with van der Waals surface area (Å²) in [5, 5.41) is 14.3. The van der Waals surface area contributed by atoms with Gasteiger partial charge in [0, 0.05) is 18.7 Å². The van der Waals surface area contributed by atoms with Gasteiger partial charge in [-0.05, 0) is 71.8 Å². The van der Waals surface area contributed by atoms with E-state index in [1.807, 2.05) is 32.0 Å². The normalized spacial score (nSPS) is 16.2. The minimum absolute atomic E-state index is 0.0745. The summed E-state index contributed by atoms with van der Waals surface area (Å²) < 4.78 is 14.6. The largest absolute Gasteiger partial charge is 0.348 e. The monoisotopic (exact) mass is 408 g/mol. The van der Waals surface area contributed by atoms with E-state index in [1.54, 1.807) is 17.0 Å². The Hall–Kier alpha value is -3.62. The molecule has 1 aliphatic rings. The number of hydrogen-bond donors (Lipinski definition) is 1. The first-order chi connectivity index (χ1) is 14.4. The predicted octanol–water partition coefficient (Wildman–Crippen LogP) is 2.09. The van der Waals surface area contributed by atoms with E-state index >= 15 is 0 Å². The molecule has 0 aliphatic carbocycles. The fourth-order valence-electron chi connectivity index (χ4n) is 3.44. The van der Waals surface area contributed by atoms with Crippen molar-refractivity contribution in [1.29, 1.82) is 0 Å². The third kappa shape index (κ3) is 3.91. The van der Waals surface area contributed by atoms with Crippen molar-refractivity contribution >= 4 is 17.5 Å². The number of nitrogens with zero attached hydrogens (tertiary/aromatic N) is 5. The third-order valence-corrected chi connectivity index (χ3v) is 5.32. The number of rotatable bonds is 5. The highest BCUT2D eigenvalue weighted by atomic mass is 19.1. The molecule has 9 heteroatoms. The van der Waals surface area contributed by atoms with E-state index in [0.29, 0.717) is 18.1 Å². The van der Waals surface area contributed by atoms with Crippen molar-refractivity contribution < 1.29 is 14.0 Å². The number of hydrogen-bond acceptors (Lipinski definition) is 5. The van der Waals surface area contributed by atoms with Crippen LogP contribution >= 0.6 is 0 Å². The zero-order valence-electron chi connectivity index (χ0n) is 16.7. The average molecular weight is 408 g/mol. The molecule has 1 saturated heterocycles. The van der Waals surface area contributed by atoms with Gasteiger partial charge in [-0.1, -0.05) is 6.07 Å². The van der Waals surface area contributed by atoms with Crippen LogP contribution in [0.3, 0.4) is 0 Å². The van der Waals surface area contributed by atoms with Crippen LogP contribution in [0, 0.1) is 25.6 Å². The summed E-state index contributed by atoms with van der Waals surface area (Å²) in [6.07, 6.45) is 0.154. The summed E-state index contributed by atoms with van der Waals surface area (Å²) in [5.41, 5.74) is 3.64. The Morgan fingerprint density at radius 1 is 1.13 bits per heavy atom. The average Bonchev–Trinajstić information content (AvgIpc) is 3.35. The lowest BCUT2D eigenvalue weighted by Crippen LogP contribution is -2.33. The molecule has 1 N–H and O–H groups in total. The number of anilines is 1. The van der Waals surface area contributed by atoms with Crippen LogP contribution < -0.4 is 10.2 Å². The number of tetrazole rings is 1. The van der Waals surface area contributed by atoms with E-state index in [1.165, 1.54) is 16.8 Å². The molecule has 1 atom stereocenters. The van der Waals surface area contributed by atoms with Crippen LogP contribution in [-0.2, 0) is 16.1 Å². The van der Waals surface area contributed by atoms with Gasteiger partial charge in [0.25, 0.3) is 0 Å². The molecular weight excluding hydrogens is 387 g/mol. The Balaban J connectivity index is 1.41. The van der Waals surface area contributed by atoms with Crippen molar-refractivity contribution in [3.63, 3.8) is 0 Å². The minimum atomic E-state index is -0.450. The van der Waals surface area contributed by atoms with Crippen LogP contribution in [0.25, 0.3) is 5.69 Å². The molecule has 2 aromatic carbocycles. The molecule has 3 aromatic rings. The molecule has 0 bridgehead atoms. The Morgan fingerprint density at radius 2 is 1.87 bits per heavy atom. The Labute approximate surface area is 172 Å². The van der Waals surface area contributed by atoms with E-state index in [0.717, 1.165) is 16.8 Å². The maximum absolute atomic E-state index is 13.1. The van der Waals surface area contributed by atoms with E-state index in [9.17, 15) is 14.0 Å². The number of nitrogens with one attached hydrogen (secondary N) is 1. The summed E-state index contributed by atoms with van der Waals surface area (Å²) in [6, 6.07) is 11.6. The van der Waals surface area contributed by atoms with Crippen molar-refractivity contribution in [2.24, 2.45) is 5.92 Å². The van der Waals surface area contributed by atoms with Crippen molar-refractivity contribution in [2.45, 2.75) is 26.8 Å². The summed E-state index contributed by atoms with van der Waals surface area (Å²) in [4.78, 5) is 26.8. The topological polar surface area (TPSA) is 93.0 Å². The zero-order chi connectivity index (χ0) is 21.3. The Morgan fingerprint density at radius 3 is 2.60 bits per heavy atom. The van der Waals surface area contributed by atoms with E-state index < -0.39 is 5.92 Å². The third-order valence-electron chi connectivity index (χ3n) is 5.32. The quantitative estimate of drug-likeness (QED) is 0.698. The van der Waals surface area contributed by atoms with Crippen molar-refractivity contribution in [1.82, 2.24) is 25.5 Å².